The summed E-state index contributed by atoms with van der Waals surface area (Å²) in [4.78, 5) is 11.8. The van der Waals surface area contributed by atoms with E-state index in [9.17, 15) is 9.18 Å². The van der Waals surface area contributed by atoms with Crippen LogP contribution in [0.1, 0.15) is 32.8 Å². The number of carbonyl (C=O) groups excluding carboxylic acids is 1. The molecule has 0 aromatic heterocycles. The Morgan fingerprint density at radius 2 is 2.05 bits per heavy atom. The minimum atomic E-state index is -0.632. The Labute approximate surface area is 114 Å². The molecule has 0 aliphatic heterocycles. The first-order valence-electron chi connectivity index (χ1n) is 6.60. The summed E-state index contributed by atoms with van der Waals surface area (Å²) in [5, 5.41) is 2.81. The Morgan fingerprint density at radius 3 is 2.68 bits per heavy atom. The van der Waals surface area contributed by atoms with Gasteiger partial charge in [-0.15, -0.1) is 0 Å². The molecule has 0 heterocycles. The summed E-state index contributed by atoms with van der Waals surface area (Å²) in [7, 11) is 0. The van der Waals surface area contributed by atoms with Crippen molar-refractivity contribution in [2.24, 2.45) is 5.92 Å². The van der Waals surface area contributed by atoms with Gasteiger partial charge in [0.2, 0.25) is 0 Å². The quantitative estimate of drug-likeness (QED) is 0.860. The van der Waals surface area contributed by atoms with Crippen LogP contribution in [0.25, 0.3) is 0 Å². The highest BCUT2D eigenvalue weighted by molar-refractivity contribution is 5.80. The summed E-state index contributed by atoms with van der Waals surface area (Å²) < 4.78 is 18.6. The number of hydrogen-bond donors (Lipinski definition) is 1. The fourth-order valence-electron chi connectivity index (χ4n) is 1.57. The second kappa shape index (κ2) is 7.12. The van der Waals surface area contributed by atoms with E-state index < -0.39 is 6.10 Å². The van der Waals surface area contributed by atoms with Gasteiger partial charge < -0.3 is 10.1 Å². The third-order valence-corrected chi connectivity index (χ3v) is 2.84. The highest BCUT2D eigenvalue weighted by Gasteiger charge is 2.15. The van der Waals surface area contributed by atoms with E-state index in [1.165, 1.54) is 12.1 Å². The van der Waals surface area contributed by atoms with Crippen LogP contribution in [-0.4, -0.2) is 18.6 Å². The fraction of sp³-hybridized carbons (Fsp3) is 0.533. The third kappa shape index (κ3) is 5.28. The maximum atomic E-state index is 13.1. The highest BCUT2D eigenvalue weighted by atomic mass is 19.1. The molecule has 0 radical (unpaired) electrons. The summed E-state index contributed by atoms with van der Waals surface area (Å²) >= 11 is 0. The lowest BCUT2D eigenvalue weighted by molar-refractivity contribution is -0.127. The number of carbonyl (C=O) groups is 1. The molecule has 106 valence electrons. The largest absolute Gasteiger partial charge is 0.481 e. The first kappa shape index (κ1) is 15.5. The molecule has 19 heavy (non-hydrogen) atoms. The molecule has 1 amide bonds. The highest BCUT2D eigenvalue weighted by Crippen LogP contribution is 2.20. The molecule has 1 unspecified atom stereocenters. The van der Waals surface area contributed by atoms with E-state index in [0.29, 0.717) is 18.2 Å². The van der Waals surface area contributed by atoms with Crippen LogP contribution < -0.4 is 10.1 Å². The van der Waals surface area contributed by atoms with E-state index in [1.54, 1.807) is 13.0 Å². The van der Waals surface area contributed by atoms with E-state index in [1.807, 2.05) is 6.92 Å². The van der Waals surface area contributed by atoms with Crippen molar-refractivity contribution in [3.63, 3.8) is 0 Å². The summed E-state index contributed by atoms with van der Waals surface area (Å²) in [6.07, 6.45) is 0.296. The number of halogens is 1. The average Bonchev–Trinajstić information content (AvgIpc) is 2.33. The van der Waals surface area contributed by atoms with Gasteiger partial charge in [-0.2, -0.15) is 0 Å². The Morgan fingerprint density at radius 1 is 1.37 bits per heavy atom. The molecule has 0 bridgehead atoms. The fourth-order valence-corrected chi connectivity index (χ4v) is 1.57. The lowest BCUT2D eigenvalue weighted by Crippen LogP contribution is -2.37. The van der Waals surface area contributed by atoms with Crippen molar-refractivity contribution in [3.8, 4) is 5.75 Å². The first-order chi connectivity index (χ1) is 8.90. The zero-order valence-corrected chi connectivity index (χ0v) is 12.0. The van der Waals surface area contributed by atoms with E-state index in [4.69, 9.17) is 4.74 Å². The van der Waals surface area contributed by atoms with Crippen LogP contribution in [0.3, 0.4) is 0 Å². The molecule has 1 aromatic carbocycles. The molecule has 0 aliphatic rings. The van der Waals surface area contributed by atoms with Crippen LogP contribution in [0.5, 0.6) is 5.75 Å². The van der Waals surface area contributed by atoms with Crippen LogP contribution in [-0.2, 0) is 4.79 Å². The Balaban J connectivity index is 2.51. The van der Waals surface area contributed by atoms with Gasteiger partial charge in [0.05, 0.1) is 0 Å². The van der Waals surface area contributed by atoms with Gasteiger partial charge in [-0.1, -0.05) is 19.9 Å². The van der Waals surface area contributed by atoms with Crippen LogP contribution in [0.4, 0.5) is 4.39 Å². The van der Waals surface area contributed by atoms with Crippen molar-refractivity contribution in [2.75, 3.05) is 6.54 Å². The van der Waals surface area contributed by atoms with Crippen molar-refractivity contribution in [3.05, 3.63) is 29.6 Å². The summed E-state index contributed by atoms with van der Waals surface area (Å²) in [6, 6.07) is 4.30. The van der Waals surface area contributed by atoms with Crippen LogP contribution in [0.2, 0.25) is 0 Å². The average molecular weight is 267 g/mol. The van der Waals surface area contributed by atoms with E-state index in [0.717, 1.165) is 12.0 Å². The lowest BCUT2D eigenvalue weighted by atomic mass is 10.1. The third-order valence-electron chi connectivity index (χ3n) is 2.84. The van der Waals surface area contributed by atoms with Gasteiger partial charge in [0.15, 0.2) is 6.10 Å². The SMILES string of the molecule is Cc1ccc(F)cc1OC(C)C(=O)NCCC(C)C. The van der Waals surface area contributed by atoms with Crippen molar-refractivity contribution in [1.82, 2.24) is 5.32 Å². The van der Waals surface area contributed by atoms with Gasteiger partial charge >= 0.3 is 0 Å². The standard InChI is InChI=1S/C15H22FNO2/c1-10(2)7-8-17-15(18)12(4)19-14-9-13(16)6-5-11(14)3/h5-6,9-10,12H,7-8H2,1-4H3,(H,17,18). The normalized spacial score (nSPS) is 12.3. The summed E-state index contributed by atoms with van der Waals surface area (Å²) in [5.74, 6) is 0.408. The van der Waals surface area contributed by atoms with Crippen molar-refractivity contribution < 1.29 is 13.9 Å². The molecule has 1 N–H and O–H groups in total. The number of amides is 1. The number of nitrogens with one attached hydrogen (secondary N) is 1. The van der Waals surface area contributed by atoms with E-state index in [2.05, 4.69) is 19.2 Å². The molecule has 0 fully saturated rings. The number of aryl methyl sites for hydroxylation is 1. The predicted octanol–water partition coefficient (Wildman–Crippen LogP) is 3.06. The Bertz CT molecular complexity index is 432. The Kier molecular flexibility index (Phi) is 5.80. The van der Waals surface area contributed by atoms with Crippen LogP contribution in [0, 0.1) is 18.7 Å². The number of rotatable bonds is 6. The van der Waals surface area contributed by atoms with Gasteiger partial charge in [-0.05, 0) is 37.8 Å². The van der Waals surface area contributed by atoms with E-state index >= 15 is 0 Å². The molecular formula is C15H22FNO2. The molecule has 4 heteroatoms. The van der Waals surface area contributed by atoms with Crippen molar-refractivity contribution >= 4 is 5.91 Å². The second-order valence-corrected chi connectivity index (χ2v) is 5.14. The van der Waals surface area contributed by atoms with Crippen LogP contribution >= 0.6 is 0 Å². The predicted molar refractivity (Wildman–Crippen MR) is 73.7 cm³/mol. The van der Waals surface area contributed by atoms with Crippen molar-refractivity contribution in [1.29, 1.82) is 0 Å². The maximum absolute atomic E-state index is 13.1. The van der Waals surface area contributed by atoms with Gasteiger partial charge in [-0.3, -0.25) is 4.79 Å². The number of hydrogen-bond acceptors (Lipinski definition) is 2. The minimum absolute atomic E-state index is 0.177. The molecule has 1 atom stereocenters. The second-order valence-electron chi connectivity index (χ2n) is 5.14. The van der Waals surface area contributed by atoms with Gasteiger partial charge in [0.25, 0.3) is 5.91 Å². The van der Waals surface area contributed by atoms with Crippen LogP contribution in [0.15, 0.2) is 18.2 Å². The molecule has 0 aliphatic carbocycles. The molecule has 0 spiro atoms. The Hall–Kier alpha value is -1.58. The maximum Gasteiger partial charge on any atom is 0.260 e. The molecule has 0 saturated heterocycles. The zero-order chi connectivity index (χ0) is 14.4. The monoisotopic (exact) mass is 267 g/mol. The van der Waals surface area contributed by atoms with E-state index in [-0.39, 0.29) is 11.7 Å². The minimum Gasteiger partial charge on any atom is -0.481 e. The smallest absolute Gasteiger partial charge is 0.260 e. The molecule has 1 rings (SSSR count). The topological polar surface area (TPSA) is 38.3 Å². The first-order valence-corrected chi connectivity index (χ1v) is 6.60. The summed E-state index contributed by atoms with van der Waals surface area (Å²) in [5.41, 5.74) is 0.809. The van der Waals surface area contributed by atoms with Gasteiger partial charge in [0.1, 0.15) is 11.6 Å². The summed E-state index contributed by atoms with van der Waals surface area (Å²) in [6.45, 7) is 8.31. The molecule has 3 nitrogen and oxygen atoms in total. The molecule has 1 aromatic rings. The van der Waals surface area contributed by atoms with Gasteiger partial charge in [0, 0.05) is 12.6 Å². The van der Waals surface area contributed by atoms with Crippen molar-refractivity contribution in [2.45, 2.75) is 40.2 Å². The number of ether oxygens (including phenoxy) is 1. The number of benzene rings is 1. The lowest BCUT2D eigenvalue weighted by Gasteiger charge is -2.16. The van der Waals surface area contributed by atoms with Gasteiger partial charge in [-0.25, -0.2) is 4.39 Å². The molecular weight excluding hydrogens is 245 g/mol. The molecule has 0 saturated carbocycles. The zero-order valence-electron chi connectivity index (χ0n) is 12.0.